The molecule has 0 spiro atoms. The van der Waals surface area contributed by atoms with Crippen LogP contribution in [0.4, 0.5) is 0 Å². The zero-order chi connectivity index (χ0) is 35.5. The summed E-state index contributed by atoms with van der Waals surface area (Å²) in [5.74, 6) is -0.829. The van der Waals surface area contributed by atoms with E-state index in [1.165, 1.54) is 53.7 Å². The van der Waals surface area contributed by atoms with E-state index in [0.29, 0.717) is 30.9 Å². The molecule has 0 saturated carbocycles. The number of benzene rings is 3. The highest BCUT2D eigenvalue weighted by molar-refractivity contribution is 5.75. The third kappa shape index (κ3) is 11.3. The third-order valence-corrected chi connectivity index (χ3v) is 6.40. The number of rotatable bonds is 8. The van der Waals surface area contributed by atoms with Gasteiger partial charge in [0.2, 0.25) is 5.91 Å². The molecule has 0 radical (unpaired) electrons. The van der Waals surface area contributed by atoms with Crippen LogP contribution in [0.25, 0.3) is 0 Å². The quantitative estimate of drug-likeness (QED) is 0.253. The fraction of sp³-hybridized carbons (Fsp3) is 0.314. The van der Waals surface area contributed by atoms with Crippen LogP contribution in [-0.4, -0.2) is 35.8 Å². The van der Waals surface area contributed by atoms with Crippen LogP contribution < -0.4 is 33.7 Å². The summed E-state index contributed by atoms with van der Waals surface area (Å²) in [5.41, 5.74) is 3.26. The number of hydrogen-bond donors (Lipinski definition) is 1. The fourth-order valence-electron chi connectivity index (χ4n) is 4.63. The molecule has 0 bridgehead atoms. The van der Waals surface area contributed by atoms with Gasteiger partial charge in [0.1, 0.15) is 17.6 Å². The molecule has 254 valence electrons. The van der Waals surface area contributed by atoms with Crippen LogP contribution in [0, 0.1) is 6.92 Å². The molecule has 3 aromatic carbocycles. The Balaban J connectivity index is 0.000000286. The summed E-state index contributed by atoms with van der Waals surface area (Å²) < 4.78 is 31.7. The van der Waals surface area contributed by atoms with Gasteiger partial charge in [0, 0.05) is 53.7 Å². The monoisotopic (exact) mass is 663 g/mol. The fourth-order valence-corrected chi connectivity index (χ4v) is 4.63. The van der Waals surface area contributed by atoms with E-state index in [2.05, 4.69) is 5.32 Å². The second-order valence-corrected chi connectivity index (χ2v) is 10.8. The van der Waals surface area contributed by atoms with Crippen molar-refractivity contribution in [1.82, 2.24) is 5.32 Å². The minimum absolute atomic E-state index is 0.144. The summed E-state index contributed by atoms with van der Waals surface area (Å²) in [6, 6.07) is 13.4. The Bertz CT molecular complexity index is 1730. The highest BCUT2D eigenvalue weighted by Gasteiger charge is 2.26. The van der Waals surface area contributed by atoms with Gasteiger partial charge in [-0.2, -0.15) is 0 Å². The lowest BCUT2D eigenvalue weighted by atomic mass is 9.95. The number of carbonyl (C=O) groups is 6. The van der Waals surface area contributed by atoms with Gasteiger partial charge < -0.3 is 33.7 Å². The van der Waals surface area contributed by atoms with Crippen LogP contribution in [0.3, 0.4) is 0 Å². The second kappa shape index (κ2) is 16.7. The molecule has 0 aliphatic carbocycles. The van der Waals surface area contributed by atoms with Gasteiger partial charge in [-0.05, 0) is 72.9 Å². The minimum atomic E-state index is -0.523. The van der Waals surface area contributed by atoms with Crippen LogP contribution in [-0.2, 0) is 41.7 Å². The summed E-state index contributed by atoms with van der Waals surface area (Å²) in [4.78, 5) is 66.9. The predicted molar refractivity (Wildman–Crippen MR) is 170 cm³/mol. The molecule has 0 aromatic heterocycles. The van der Waals surface area contributed by atoms with E-state index in [1.54, 1.807) is 24.3 Å². The molecule has 4 rings (SSSR count). The predicted octanol–water partition coefficient (Wildman–Crippen LogP) is 5.01. The number of amides is 1. The molecule has 13 heteroatoms. The summed E-state index contributed by atoms with van der Waals surface area (Å²) in [7, 11) is 0. The van der Waals surface area contributed by atoms with E-state index in [4.69, 9.17) is 28.4 Å². The normalized spacial score (nSPS) is 12.9. The smallest absolute Gasteiger partial charge is 0.308 e. The first-order valence-corrected chi connectivity index (χ1v) is 14.8. The summed E-state index contributed by atoms with van der Waals surface area (Å²) >= 11 is 0. The number of nitrogens with one attached hydrogen (secondary N) is 1. The average Bonchev–Trinajstić information content (AvgIpc) is 2.96. The van der Waals surface area contributed by atoms with Gasteiger partial charge in [0.05, 0.1) is 0 Å². The molecule has 1 aliphatic rings. The molecule has 1 N–H and O–H groups in total. The Hall–Kier alpha value is -5.72. The average molecular weight is 664 g/mol. The molecule has 3 aromatic rings. The molecule has 1 aliphatic heterocycles. The number of esters is 5. The summed E-state index contributed by atoms with van der Waals surface area (Å²) in [6.07, 6.45) is 0.990. The Morgan fingerprint density at radius 2 is 1.15 bits per heavy atom. The van der Waals surface area contributed by atoms with E-state index < -0.39 is 23.9 Å². The minimum Gasteiger partial charge on any atom is -0.485 e. The van der Waals surface area contributed by atoms with E-state index in [1.807, 2.05) is 19.1 Å². The molecule has 48 heavy (non-hydrogen) atoms. The Morgan fingerprint density at radius 3 is 1.69 bits per heavy atom. The molecule has 13 nitrogen and oxygen atoms in total. The number of hydrogen-bond acceptors (Lipinski definition) is 12. The highest BCUT2D eigenvalue weighted by Crippen LogP contribution is 2.42. The number of ether oxygens (including phenoxy) is 6. The number of carbonyl (C=O) groups excluding carboxylic acids is 6. The zero-order valence-corrected chi connectivity index (χ0v) is 27.7. The van der Waals surface area contributed by atoms with Gasteiger partial charge in [-0.15, -0.1) is 0 Å². The van der Waals surface area contributed by atoms with Crippen molar-refractivity contribution >= 4 is 35.8 Å². The third-order valence-electron chi connectivity index (χ3n) is 6.40. The van der Waals surface area contributed by atoms with Crippen molar-refractivity contribution < 1.29 is 57.2 Å². The Morgan fingerprint density at radius 1 is 0.646 bits per heavy atom. The maximum absolute atomic E-state index is 11.4. The highest BCUT2D eigenvalue weighted by atomic mass is 16.6. The van der Waals surface area contributed by atoms with Crippen molar-refractivity contribution in [3.8, 4) is 34.5 Å². The van der Waals surface area contributed by atoms with Crippen molar-refractivity contribution in [2.24, 2.45) is 0 Å². The van der Waals surface area contributed by atoms with Crippen molar-refractivity contribution in [2.45, 2.75) is 74.0 Å². The zero-order valence-electron chi connectivity index (χ0n) is 27.7. The standard InChI is InChI=1S/C22H22O7.C13H15NO5/c1-12-9-20(27-14(3)24)17-6-8-18(29-21(17)10-12)16-5-7-19(26-13(2)23)22(11-16)28-15(4)25;1-8(15)14-7-11-4-5-12(18-9(2)16)13(6-11)19-10(3)17/h5,7,9-11,18H,6,8H2,1-4H3;4-6H,7H2,1-3H3,(H,14,15)/t18-;/m0./s1. The summed E-state index contributed by atoms with van der Waals surface area (Å²) in [6.45, 7) is 10.0. The van der Waals surface area contributed by atoms with Gasteiger partial charge in [-0.1, -0.05) is 12.1 Å². The lowest BCUT2D eigenvalue weighted by Gasteiger charge is -2.28. The van der Waals surface area contributed by atoms with Gasteiger partial charge >= 0.3 is 29.8 Å². The molecule has 1 amide bonds. The van der Waals surface area contributed by atoms with Crippen LogP contribution in [0.5, 0.6) is 34.5 Å². The van der Waals surface area contributed by atoms with Crippen molar-refractivity contribution in [1.29, 1.82) is 0 Å². The molecule has 1 heterocycles. The summed E-state index contributed by atoms with van der Waals surface area (Å²) in [5, 5.41) is 2.62. The van der Waals surface area contributed by atoms with Crippen LogP contribution in [0.15, 0.2) is 48.5 Å². The first kappa shape index (κ1) is 36.7. The van der Waals surface area contributed by atoms with Crippen molar-refractivity contribution in [2.75, 3.05) is 0 Å². The number of aryl methyl sites for hydroxylation is 1. The Labute approximate surface area is 277 Å². The van der Waals surface area contributed by atoms with Gasteiger partial charge in [0.15, 0.2) is 23.0 Å². The lowest BCUT2D eigenvalue weighted by Crippen LogP contribution is -2.19. The van der Waals surface area contributed by atoms with Gasteiger partial charge in [-0.25, -0.2) is 0 Å². The lowest BCUT2D eigenvalue weighted by molar-refractivity contribution is -0.134. The van der Waals surface area contributed by atoms with E-state index in [0.717, 1.165) is 22.3 Å². The molecule has 1 atom stereocenters. The molecular formula is C35H37NO12. The SMILES string of the molecule is CC(=O)NCc1ccc(OC(C)=O)c(OC(C)=O)c1.CC(=O)Oc1ccc([C@@H]2CCc3c(OC(C)=O)cc(C)cc3O2)cc1OC(C)=O. The molecule has 0 saturated heterocycles. The number of fused-ring (bicyclic) bond motifs is 1. The van der Waals surface area contributed by atoms with Crippen LogP contribution in [0.2, 0.25) is 0 Å². The van der Waals surface area contributed by atoms with Gasteiger partial charge in [0.25, 0.3) is 0 Å². The maximum atomic E-state index is 11.4. The molecular weight excluding hydrogens is 626 g/mol. The molecule has 0 fully saturated rings. The van der Waals surface area contributed by atoms with E-state index in [9.17, 15) is 28.8 Å². The van der Waals surface area contributed by atoms with E-state index >= 15 is 0 Å². The first-order valence-electron chi connectivity index (χ1n) is 14.8. The maximum Gasteiger partial charge on any atom is 0.308 e. The van der Waals surface area contributed by atoms with Crippen molar-refractivity contribution in [3.05, 3.63) is 70.8 Å². The van der Waals surface area contributed by atoms with Crippen LogP contribution >= 0.6 is 0 Å². The molecule has 0 unspecified atom stereocenters. The van der Waals surface area contributed by atoms with E-state index in [-0.39, 0.29) is 41.0 Å². The first-order chi connectivity index (χ1) is 22.6. The van der Waals surface area contributed by atoms with Gasteiger partial charge in [-0.3, -0.25) is 28.8 Å². The van der Waals surface area contributed by atoms with Crippen molar-refractivity contribution in [3.63, 3.8) is 0 Å². The topological polar surface area (TPSA) is 170 Å². The van der Waals surface area contributed by atoms with Crippen LogP contribution in [0.1, 0.15) is 76.3 Å². The largest absolute Gasteiger partial charge is 0.485 e. The Kier molecular flexibility index (Phi) is 12.8. The second-order valence-electron chi connectivity index (χ2n) is 10.8.